The van der Waals surface area contributed by atoms with E-state index >= 15 is 0 Å². The van der Waals surface area contributed by atoms with Crippen molar-refractivity contribution < 1.29 is 9.59 Å². The Morgan fingerprint density at radius 1 is 1.29 bits per heavy atom. The molecule has 4 heteroatoms. The summed E-state index contributed by atoms with van der Waals surface area (Å²) in [6.07, 6.45) is 2.12. The van der Waals surface area contributed by atoms with Crippen molar-refractivity contribution in [3.63, 3.8) is 0 Å². The average molecular weight is 196 g/mol. The second-order valence-corrected chi connectivity index (χ2v) is 4.30. The minimum atomic E-state index is 0.0773. The van der Waals surface area contributed by atoms with Crippen LogP contribution in [-0.2, 0) is 9.59 Å². The zero-order chi connectivity index (χ0) is 10.3. The number of carbonyl (C=O) groups excluding carboxylic acids is 2. The number of amides is 2. The van der Waals surface area contributed by atoms with Gasteiger partial charge in [-0.3, -0.25) is 9.59 Å². The second kappa shape index (κ2) is 3.26. The predicted octanol–water partition coefficient (Wildman–Crippen LogP) is 0.0855. The van der Waals surface area contributed by atoms with E-state index in [1.165, 1.54) is 0 Å². The van der Waals surface area contributed by atoms with Crippen LogP contribution < -0.4 is 0 Å². The Hall–Kier alpha value is -1.06. The van der Waals surface area contributed by atoms with Crippen molar-refractivity contribution in [1.82, 2.24) is 9.80 Å². The molecule has 0 aromatic heterocycles. The van der Waals surface area contributed by atoms with Crippen LogP contribution in [0, 0.1) is 5.92 Å². The molecule has 2 fully saturated rings. The van der Waals surface area contributed by atoms with Gasteiger partial charge in [0.1, 0.15) is 0 Å². The van der Waals surface area contributed by atoms with E-state index in [0.29, 0.717) is 11.8 Å². The summed E-state index contributed by atoms with van der Waals surface area (Å²) in [7, 11) is 1.80. The SMILES string of the molecule is CC(=O)N(C)C1CN(C(=O)C2CC2)C1. The van der Waals surface area contributed by atoms with Gasteiger partial charge in [-0.2, -0.15) is 0 Å². The molecule has 14 heavy (non-hydrogen) atoms. The van der Waals surface area contributed by atoms with Crippen LogP contribution in [-0.4, -0.2) is 47.8 Å². The first kappa shape index (κ1) is 9.49. The maximum atomic E-state index is 11.5. The third-order valence-corrected chi connectivity index (χ3v) is 3.14. The molecule has 0 aromatic carbocycles. The van der Waals surface area contributed by atoms with E-state index in [1.54, 1.807) is 18.9 Å². The highest BCUT2D eigenvalue weighted by Gasteiger charge is 2.40. The Labute approximate surface area is 83.9 Å². The molecule has 0 aromatic rings. The third kappa shape index (κ3) is 1.61. The van der Waals surface area contributed by atoms with Gasteiger partial charge in [0, 0.05) is 33.0 Å². The van der Waals surface area contributed by atoms with Crippen LogP contribution in [0.25, 0.3) is 0 Å². The fourth-order valence-corrected chi connectivity index (χ4v) is 1.73. The molecule has 0 bridgehead atoms. The van der Waals surface area contributed by atoms with Gasteiger partial charge in [0.25, 0.3) is 0 Å². The minimum Gasteiger partial charge on any atom is -0.339 e. The number of nitrogens with zero attached hydrogens (tertiary/aromatic N) is 2. The van der Waals surface area contributed by atoms with Crippen LogP contribution in [0.2, 0.25) is 0 Å². The van der Waals surface area contributed by atoms with Crippen molar-refractivity contribution in [3.8, 4) is 0 Å². The minimum absolute atomic E-state index is 0.0773. The van der Waals surface area contributed by atoms with Gasteiger partial charge in [0.05, 0.1) is 6.04 Å². The van der Waals surface area contributed by atoms with Crippen molar-refractivity contribution in [2.75, 3.05) is 20.1 Å². The molecule has 2 amide bonds. The lowest BCUT2D eigenvalue weighted by molar-refractivity contribution is -0.145. The van der Waals surface area contributed by atoms with Crippen molar-refractivity contribution >= 4 is 11.8 Å². The summed E-state index contributed by atoms with van der Waals surface area (Å²) in [5, 5.41) is 0. The van der Waals surface area contributed by atoms with Gasteiger partial charge >= 0.3 is 0 Å². The largest absolute Gasteiger partial charge is 0.339 e. The first-order valence-electron chi connectivity index (χ1n) is 5.11. The van der Waals surface area contributed by atoms with Crippen LogP contribution in [0.5, 0.6) is 0 Å². The molecule has 1 saturated carbocycles. The molecular weight excluding hydrogens is 180 g/mol. The van der Waals surface area contributed by atoms with Crippen LogP contribution >= 0.6 is 0 Å². The molecule has 0 spiro atoms. The second-order valence-electron chi connectivity index (χ2n) is 4.30. The number of carbonyl (C=O) groups is 2. The molecular formula is C10H16N2O2. The third-order valence-electron chi connectivity index (χ3n) is 3.14. The quantitative estimate of drug-likeness (QED) is 0.628. The lowest BCUT2D eigenvalue weighted by atomic mass is 10.1. The van der Waals surface area contributed by atoms with Gasteiger partial charge in [-0.25, -0.2) is 0 Å². The van der Waals surface area contributed by atoms with Crippen molar-refractivity contribution in [2.24, 2.45) is 5.92 Å². The summed E-state index contributed by atoms with van der Waals surface area (Å²) >= 11 is 0. The zero-order valence-electron chi connectivity index (χ0n) is 8.69. The molecule has 1 saturated heterocycles. The highest BCUT2D eigenvalue weighted by Crippen LogP contribution is 2.32. The highest BCUT2D eigenvalue weighted by atomic mass is 16.2. The molecule has 0 atom stereocenters. The van der Waals surface area contributed by atoms with Crippen molar-refractivity contribution in [1.29, 1.82) is 0 Å². The van der Waals surface area contributed by atoms with Gasteiger partial charge in [-0.15, -0.1) is 0 Å². The summed E-state index contributed by atoms with van der Waals surface area (Å²) < 4.78 is 0. The van der Waals surface area contributed by atoms with Gasteiger partial charge in [-0.1, -0.05) is 0 Å². The Morgan fingerprint density at radius 2 is 1.86 bits per heavy atom. The topological polar surface area (TPSA) is 40.6 Å². The number of likely N-dealkylation sites (tertiary alicyclic amines) is 1. The molecule has 2 aliphatic rings. The van der Waals surface area contributed by atoms with E-state index in [-0.39, 0.29) is 11.9 Å². The number of hydrogen-bond acceptors (Lipinski definition) is 2. The summed E-state index contributed by atoms with van der Waals surface area (Å²) in [6.45, 7) is 3.02. The molecule has 0 unspecified atom stereocenters. The van der Waals surface area contributed by atoms with E-state index < -0.39 is 0 Å². The van der Waals surface area contributed by atoms with Gasteiger partial charge in [0.2, 0.25) is 11.8 Å². The Kier molecular flexibility index (Phi) is 2.21. The van der Waals surface area contributed by atoms with E-state index in [4.69, 9.17) is 0 Å². The molecule has 4 nitrogen and oxygen atoms in total. The number of hydrogen-bond donors (Lipinski definition) is 0. The maximum absolute atomic E-state index is 11.5. The fourth-order valence-electron chi connectivity index (χ4n) is 1.73. The summed E-state index contributed by atoms with van der Waals surface area (Å²) in [6, 6.07) is 0.246. The lowest BCUT2D eigenvalue weighted by Gasteiger charge is -2.43. The molecule has 0 radical (unpaired) electrons. The molecule has 2 rings (SSSR count). The van der Waals surface area contributed by atoms with Gasteiger partial charge in [-0.05, 0) is 12.8 Å². The number of rotatable bonds is 2. The zero-order valence-corrected chi connectivity index (χ0v) is 8.69. The predicted molar refractivity (Wildman–Crippen MR) is 51.5 cm³/mol. The first-order valence-corrected chi connectivity index (χ1v) is 5.11. The lowest BCUT2D eigenvalue weighted by Crippen LogP contribution is -2.61. The molecule has 1 aliphatic carbocycles. The van der Waals surface area contributed by atoms with Crippen LogP contribution in [0.1, 0.15) is 19.8 Å². The van der Waals surface area contributed by atoms with E-state index in [1.807, 2.05) is 4.90 Å². The highest BCUT2D eigenvalue weighted by molar-refractivity contribution is 5.82. The van der Waals surface area contributed by atoms with E-state index in [9.17, 15) is 9.59 Å². The molecule has 1 aliphatic heterocycles. The smallest absolute Gasteiger partial charge is 0.225 e. The van der Waals surface area contributed by atoms with Crippen LogP contribution in [0.3, 0.4) is 0 Å². The Bertz CT molecular complexity index is 267. The van der Waals surface area contributed by atoms with Crippen LogP contribution in [0.4, 0.5) is 0 Å². The summed E-state index contributed by atoms with van der Waals surface area (Å²) in [5.74, 6) is 0.672. The van der Waals surface area contributed by atoms with Crippen molar-refractivity contribution in [3.05, 3.63) is 0 Å². The van der Waals surface area contributed by atoms with Gasteiger partial charge < -0.3 is 9.80 Å². The van der Waals surface area contributed by atoms with Gasteiger partial charge in [0.15, 0.2) is 0 Å². The summed E-state index contributed by atoms with van der Waals surface area (Å²) in [5.41, 5.74) is 0. The van der Waals surface area contributed by atoms with Crippen LogP contribution in [0.15, 0.2) is 0 Å². The maximum Gasteiger partial charge on any atom is 0.225 e. The Morgan fingerprint density at radius 3 is 2.29 bits per heavy atom. The molecule has 78 valence electrons. The van der Waals surface area contributed by atoms with E-state index in [2.05, 4.69) is 0 Å². The monoisotopic (exact) mass is 196 g/mol. The molecule has 1 heterocycles. The summed E-state index contributed by atoms with van der Waals surface area (Å²) in [4.78, 5) is 26.2. The first-order chi connectivity index (χ1) is 6.59. The fraction of sp³-hybridized carbons (Fsp3) is 0.800. The standard InChI is InChI=1S/C10H16N2O2/c1-7(13)11(2)9-5-12(6-9)10(14)8-3-4-8/h8-9H,3-6H2,1-2H3. The average Bonchev–Trinajstić information content (AvgIpc) is 2.82. The Balaban J connectivity index is 1.78. The van der Waals surface area contributed by atoms with Crippen molar-refractivity contribution in [2.45, 2.75) is 25.8 Å². The normalized spacial score (nSPS) is 21.7. The van der Waals surface area contributed by atoms with E-state index in [0.717, 1.165) is 25.9 Å². The number of likely N-dealkylation sites (N-methyl/N-ethyl adjacent to an activating group) is 1. The molecule has 0 N–H and O–H groups in total.